The first kappa shape index (κ1) is 53.2. The molecule has 15 heteroatoms. The number of aliphatic hydroxyl groups excluding tert-OH is 1. The smallest absolute Gasteiger partial charge is 0.338 e. The van der Waals surface area contributed by atoms with Crippen LogP contribution >= 0.6 is 0 Å². The van der Waals surface area contributed by atoms with Crippen LogP contribution in [0.15, 0.2) is 121 Å². The predicted octanol–water partition coefficient (Wildman–Crippen LogP) is 9.25. The van der Waals surface area contributed by atoms with Crippen LogP contribution in [0.3, 0.4) is 0 Å². The van der Waals surface area contributed by atoms with Gasteiger partial charge in [-0.25, -0.2) is 28.0 Å². The van der Waals surface area contributed by atoms with Crippen LogP contribution in [0.1, 0.15) is 104 Å². The van der Waals surface area contributed by atoms with Gasteiger partial charge in [-0.2, -0.15) is 0 Å². The summed E-state index contributed by atoms with van der Waals surface area (Å²) in [6, 6.07) is 25.9. The first-order valence-electron chi connectivity index (χ1n) is 25.4. The highest BCUT2D eigenvalue weighted by Gasteiger charge is 2.73. The zero-order chi connectivity index (χ0) is 53.7. The number of hydrogen-bond donors (Lipinski definition) is 1. The van der Waals surface area contributed by atoms with Gasteiger partial charge < -0.3 is 33.5 Å². The lowest BCUT2D eigenvalue weighted by Crippen LogP contribution is -2.68. The third-order valence-corrected chi connectivity index (χ3v) is 16.6. The molecule has 4 aromatic rings. The Labute approximate surface area is 434 Å². The van der Waals surface area contributed by atoms with Gasteiger partial charge in [-0.3, -0.25) is 9.59 Å². The van der Waals surface area contributed by atoms with Gasteiger partial charge in [-0.05, 0) is 137 Å². The number of rotatable bonds is 13. The van der Waals surface area contributed by atoms with Crippen LogP contribution in [-0.2, 0) is 38.0 Å². The number of carbonyl (C=O) groups is 6. The molecule has 1 saturated heterocycles. The van der Waals surface area contributed by atoms with Crippen molar-refractivity contribution in [3.05, 3.63) is 165 Å². The highest BCUT2D eigenvalue weighted by Crippen LogP contribution is 2.70. The number of allylic oxidation sites excluding steroid dienone is 4. The Morgan fingerprint density at radius 2 is 1.13 bits per heavy atom. The number of ether oxygens (including phenoxy) is 6. The highest BCUT2D eigenvalue weighted by atomic mass is 19.1. The van der Waals surface area contributed by atoms with E-state index in [-0.39, 0.29) is 40.7 Å². The lowest BCUT2D eigenvalue weighted by atomic mass is 9.45. The summed E-state index contributed by atoms with van der Waals surface area (Å²) in [5, 5.41) is 12.0. The van der Waals surface area contributed by atoms with Gasteiger partial charge in [0.1, 0.15) is 25.5 Å². The Bertz CT molecular complexity index is 2920. The van der Waals surface area contributed by atoms with Crippen molar-refractivity contribution in [2.24, 2.45) is 34.5 Å². The molecule has 75 heavy (non-hydrogen) atoms. The summed E-state index contributed by atoms with van der Waals surface area (Å²) < 4.78 is 71.7. The van der Waals surface area contributed by atoms with E-state index in [1.54, 1.807) is 60.7 Å². The Hall–Kier alpha value is -6.68. The van der Waals surface area contributed by atoms with Gasteiger partial charge in [-0.15, -0.1) is 0 Å². The average Bonchev–Trinajstić information content (AvgIpc) is 3.69. The average molecular weight is 1030 g/mol. The molecule has 1 aliphatic heterocycles. The molecule has 4 aliphatic carbocycles. The monoisotopic (exact) mass is 1030 g/mol. The van der Waals surface area contributed by atoms with Crippen LogP contribution in [0.4, 0.5) is 8.78 Å². The van der Waals surface area contributed by atoms with E-state index < -0.39 is 132 Å². The second-order valence-electron chi connectivity index (χ2n) is 21.6. The molecule has 1 N–H and O–H groups in total. The number of alkyl halides is 2. The fourth-order valence-corrected chi connectivity index (χ4v) is 12.6. The number of esters is 4. The third-order valence-electron chi connectivity index (χ3n) is 16.6. The van der Waals surface area contributed by atoms with Gasteiger partial charge in [0.15, 0.2) is 41.8 Å². The van der Waals surface area contributed by atoms with Crippen LogP contribution in [0.25, 0.3) is 0 Å². The summed E-state index contributed by atoms with van der Waals surface area (Å²) in [6.07, 6.45) is -8.19. The van der Waals surface area contributed by atoms with E-state index in [1.165, 1.54) is 55.5 Å². The second kappa shape index (κ2) is 20.8. The van der Waals surface area contributed by atoms with Crippen molar-refractivity contribution in [2.75, 3.05) is 13.2 Å². The number of ketones is 2. The molecule has 13 nitrogen and oxygen atoms in total. The van der Waals surface area contributed by atoms with Gasteiger partial charge in [0, 0.05) is 17.3 Å². The zero-order valence-corrected chi connectivity index (χ0v) is 43.0. The number of fused-ring (bicyclic) bond motifs is 5. The molecule has 0 bridgehead atoms. The molecule has 0 radical (unpaired) electrons. The number of benzene rings is 4. The van der Waals surface area contributed by atoms with E-state index in [9.17, 15) is 33.9 Å². The molecular weight excluding hydrogens is 967 g/mol. The molecular formula is C60H62F2O13. The van der Waals surface area contributed by atoms with Gasteiger partial charge in [0.25, 0.3) is 0 Å². The Morgan fingerprint density at radius 3 is 1.64 bits per heavy atom. The maximum Gasteiger partial charge on any atom is 0.338 e. The zero-order valence-electron chi connectivity index (χ0n) is 43.0. The number of aliphatic hydroxyl groups is 1. The molecule has 0 aromatic heterocycles. The molecule has 14 unspecified atom stereocenters. The minimum atomic E-state index is -2.36. The van der Waals surface area contributed by atoms with Crippen LogP contribution in [0.5, 0.6) is 0 Å². The van der Waals surface area contributed by atoms with Crippen LogP contribution in [0.2, 0.25) is 0 Å². The number of Topliss-reactive ketones (excluding diaryl/α,β-unsaturated/α-hetero) is 1. The normalized spacial score (nSPS) is 32.7. The standard InChI is InChI=1S/C60H62F2O13/c1-32-8-16-37(17-9-32)53(66)70-31-47-50(73-54(67)38-18-10-33(2)11-19-38)51(74-55(68)39-20-12-34(3)13-21-39)52(75-56(69)40-22-14-35(4)15-23-40)57(72-47)71-30-46(64)49-36(5)26-42-43-28-45(61)44-27-41(63)24-25-59(44,7)60(43,62)48(65)29-58(42,49)6/h8-25,27,36,42-43,45,47-52,57,65H,26,28-31H2,1-7H3. The fourth-order valence-electron chi connectivity index (χ4n) is 12.6. The quantitative estimate of drug-likeness (QED) is 0.0991. The molecule has 0 spiro atoms. The van der Waals surface area contributed by atoms with E-state index >= 15 is 8.78 Å². The summed E-state index contributed by atoms with van der Waals surface area (Å²) in [5.74, 6) is -7.31. The molecule has 1 heterocycles. The van der Waals surface area contributed by atoms with Gasteiger partial charge in [-0.1, -0.05) is 90.7 Å². The first-order chi connectivity index (χ1) is 35.6. The Kier molecular flexibility index (Phi) is 14.7. The van der Waals surface area contributed by atoms with Crippen molar-refractivity contribution >= 4 is 35.4 Å². The second-order valence-corrected chi connectivity index (χ2v) is 21.6. The molecule has 0 amide bonds. The van der Waals surface area contributed by atoms with E-state index in [0.717, 1.165) is 28.3 Å². The van der Waals surface area contributed by atoms with E-state index in [1.807, 2.05) is 41.5 Å². The molecule has 5 aliphatic rings. The fraction of sp³-hybridized carbons (Fsp3) is 0.433. The van der Waals surface area contributed by atoms with Crippen LogP contribution in [-0.4, -0.2) is 102 Å². The van der Waals surface area contributed by atoms with E-state index in [0.29, 0.717) is 6.42 Å². The van der Waals surface area contributed by atoms with E-state index in [4.69, 9.17) is 28.4 Å². The van der Waals surface area contributed by atoms with Crippen molar-refractivity contribution in [2.45, 2.75) is 116 Å². The van der Waals surface area contributed by atoms with Crippen molar-refractivity contribution in [3.63, 3.8) is 0 Å². The first-order valence-corrected chi connectivity index (χ1v) is 25.4. The van der Waals surface area contributed by atoms with Gasteiger partial charge >= 0.3 is 23.9 Å². The van der Waals surface area contributed by atoms with Crippen molar-refractivity contribution in [1.82, 2.24) is 0 Å². The summed E-state index contributed by atoms with van der Waals surface area (Å²) in [4.78, 5) is 83.7. The lowest BCUT2D eigenvalue weighted by molar-refractivity contribution is -0.297. The molecule has 4 fully saturated rings. The highest BCUT2D eigenvalue weighted by molar-refractivity contribution is 6.01. The van der Waals surface area contributed by atoms with E-state index in [2.05, 4.69) is 0 Å². The maximum absolute atomic E-state index is 18.0. The summed E-state index contributed by atoms with van der Waals surface area (Å²) in [5.41, 5.74) is -1.14. The third kappa shape index (κ3) is 10.0. The molecule has 4 aromatic carbocycles. The summed E-state index contributed by atoms with van der Waals surface area (Å²) in [6.45, 7) is 11.2. The minimum absolute atomic E-state index is 0.00758. The number of halogens is 2. The molecule has 14 atom stereocenters. The number of carbonyl (C=O) groups excluding carboxylic acids is 6. The Morgan fingerprint density at radius 1 is 0.667 bits per heavy atom. The SMILES string of the molecule is Cc1ccc(C(=O)OCC2OC(OCC(=O)C3C(C)CC4C5CC(F)C6=CC(=O)C=CC6(C)C5(F)C(O)CC43C)C(OC(=O)c3ccc(C)cc3)C(OC(=O)c3ccc(C)cc3)C2OC(=O)c2ccc(C)cc2)cc1. The van der Waals surface area contributed by atoms with Crippen LogP contribution in [0, 0.1) is 62.2 Å². The van der Waals surface area contributed by atoms with Crippen LogP contribution < -0.4 is 0 Å². The van der Waals surface area contributed by atoms with Gasteiger partial charge in [0.2, 0.25) is 0 Å². The van der Waals surface area contributed by atoms with Gasteiger partial charge in [0.05, 0.1) is 28.4 Å². The predicted molar refractivity (Wildman–Crippen MR) is 269 cm³/mol. The summed E-state index contributed by atoms with van der Waals surface area (Å²) in [7, 11) is 0. The number of hydrogen-bond acceptors (Lipinski definition) is 13. The van der Waals surface area contributed by atoms with Crippen molar-refractivity contribution in [3.8, 4) is 0 Å². The molecule has 3 saturated carbocycles. The topological polar surface area (TPSA) is 178 Å². The summed E-state index contributed by atoms with van der Waals surface area (Å²) >= 11 is 0. The number of aryl methyl sites for hydroxylation is 4. The maximum atomic E-state index is 18.0. The van der Waals surface area contributed by atoms with Crippen molar-refractivity contribution in [1.29, 1.82) is 0 Å². The molecule has 394 valence electrons. The lowest BCUT2D eigenvalue weighted by Gasteiger charge is -2.62. The largest absolute Gasteiger partial charge is 0.459 e. The molecule has 9 rings (SSSR count). The minimum Gasteiger partial charge on any atom is -0.459 e. The Balaban J connectivity index is 1.07. The van der Waals surface area contributed by atoms with Crippen molar-refractivity contribution < 1.29 is 71.1 Å².